The van der Waals surface area contributed by atoms with Gasteiger partial charge in [-0.25, -0.2) is 0 Å². The third-order valence-corrected chi connectivity index (χ3v) is 4.79. The molecule has 1 amide bonds. The molecular weight excluding hydrogens is 298 g/mol. The van der Waals surface area contributed by atoms with E-state index in [0.717, 1.165) is 24.2 Å². The van der Waals surface area contributed by atoms with Crippen LogP contribution in [0.1, 0.15) is 36.8 Å². The van der Waals surface area contributed by atoms with Gasteiger partial charge in [0.25, 0.3) is 0 Å². The Hall–Kier alpha value is -1.49. The Morgan fingerprint density at radius 3 is 2.73 bits per heavy atom. The Morgan fingerprint density at radius 1 is 1.27 bits per heavy atom. The molecule has 1 aromatic carbocycles. The molecule has 2 atom stereocenters. The number of carbonyl (C=O) groups excluding carboxylic acids is 1. The van der Waals surface area contributed by atoms with E-state index in [1.54, 1.807) is 11.8 Å². The summed E-state index contributed by atoms with van der Waals surface area (Å²) in [5, 5.41) is 12.1. The minimum absolute atomic E-state index is 0.0128. The van der Waals surface area contributed by atoms with Gasteiger partial charge in [0.15, 0.2) is 0 Å². The first kappa shape index (κ1) is 16.9. The molecular formula is C17H23NO3S. The largest absolute Gasteiger partial charge is 0.481 e. The summed E-state index contributed by atoms with van der Waals surface area (Å²) in [6.07, 6.45) is 4.83. The number of rotatable bonds is 6. The maximum Gasteiger partial charge on any atom is 0.306 e. The van der Waals surface area contributed by atoms with Crippen LogP contribution in [0.4, 0.5) is 0 Å². The molecule has 1 aliphatic carbocycles. The lowest BCUT2D eigenvalue weighted by molar-refractivity contribution is -0.144. The zero-order valence-corrected chi connectivity index (χ0v) is 13.7. The molecule has 1 aromatic rings. The minimum atomic E-state index is -0.776. The summed E-state index contributed by atoms with van der Waals surface area (Å²) >= 11 is 1.77. The van der Waals surface area contributed by atoms with Gasteiger partial charge < -0.3 is 10.4 Å². The average Bonchev–Trinajstić information content (AvgIpc) is 2.53. The van der Waals surface area contributed by atoms with Crippen molar-refractivity contribution in [1.29, 1.82) is 0 Å². The molecule has 2 unspecified atom stereocenters. The highest BCUT2D eigenvalue weighted by molar-refractivity contribution is 7.97. The number of nitrogens with one attached hydrogen (secondary N) is 1. The van der Waals surface area contributed by atoms with Gasteiger partial charge in [0, 0.05) is 18.2 Å². The Balaban J connectivity index is 1.87. The van der Waals surface area contributed by atoms with Gasteiger partial charge in [-0.05, 0) is 36.6 Å². The first-order chi connectivity index (χ1) is 10.6. The van der Waals surface area contributed by atoms with Crippen molar-refractivity contribution in [2.45, 2.75) is 38.0 Å². The van der Waals surface area contributed by atoms with E-state index in [1.165, 1.54) is 5.56 Å². The fourth-order valence-corrected chi connectivity index (χ4v) is 3.49. The lowest BCUT2D eigenvalue weighted by Crippen LogP contribution is -2.35. The van der Waals surface area contributed by atoms with E-state index in [4.69, 9.17) is 5.11 Å². The van der Waals surface area contributed by atoms with Crippen LogP contribution in [0.3, 0.4) is 0 Å². The van der Waals surface area contributed by atoms with Crippen LogP contribution in [-0.4, -0.2) is 23.2 Å². The lowest BCUT2D eigenvalue weighted by atomic mass is 9.81. The quantitative estimate of drug-likeness (QED) is 0.845. The van der Waals surface area contributed by atoms with E-state index in [-0.39, 0.29) is 17.7 Å². The van der Waals surface area contributed by atoms with Crippen molar-refractivity contribution in [2.24, 2.45) is 11.8 Å². The standard InChI is InChI=1S/C17H23NO3S/c1-22-11-13-5-2-4-12(8-13)10-18-16(19)14-6-3-7-15(9-14)17(20)21/h2,4-5,8,14-15H,3,6-7,9-11H2,1H3,(H,18,19)(H,20,21). The fraction of sp³-hybridized carbons (Fsp3) is 0.529. The Morgan fingerprint density at radius 2 is 2.00 bits per heavy atom. The number of benzene rings is 1. The van der Waals surface area contributed by atoms with Crippen LogP contribution < -0.4 is 5.32 Å². The Labute approximate surface area is 135 Å². The molecule has 0 saturated heterocycles. The summed E-state index contributed by atoms with van der Waals surface area (Å²) in [7, 11) is 0. The van der Waals surface area contributed by atoms with Gasteiger partial charge >= 0.3 is 5.97 Å². The number of hydrogen-bond acceptors (Lipinski definition) is 3. The van der Waals surface area contributed by atoms with E-state index in [2.05, 4.69) is 23.7 Å². The molecule has 1 saturated carbocycles. The fourth-order valence-electron chi connectivity index (χ4n) is 2.98. The second-order valence-corrected chi connectivity index (χ2v) is 6.74. The zero-order chi connectivity index (χ0) is 15.9. The van der Waals surface area contributed by atoms with Crippen LogP contribution in [-0.2, 0) is 21.9 Å². The van der Waals surface area contributed by atoms with Crippen molar-refractivity contribution in [3.63, 3.8) is 0 Å². The van der Waals surface area contributed by atoms with Gasteiger partial charge in [0.2, 0.25) is 5.91 Å². The van der Waals surface area contributed by atoms with Crippen molar-refractivity contribution in [3.8, 4) is 0 Å². The molecule has 22 heavy (non-hydrogen) atoms. The first-order valence-corrected chi connectivity index (χ1v) is 9.06. The number of carboxylic acids is 1. The highest BCUT2D eigenvalue weighted by Gasteiger charge is 2.30. The van der Waals surface area contributed by atoms with Crippen molar-refractivity contribution in [2.75, 3.05) is 6.26 Å². The van der Waals surface area contributed by atoms with E-state index < -0.39 is 5.97 Å². The van der Waals surface area contributed by atoms with Crippen LogP contribution in [0, 0.1) is 11.8 Å². The van der Waals surface area contributed by atoms with E-state index >= 15 is 0 Å². The van der Waals surface area contributed by atoms with E-state index in [1.807, 2.05) is 12.1 Å². The molecule has 0 heterocycles. The van der Waals surface area contributed by atoms with Crippen molar-refractivity contribution >= 4 is 23.6 Å². The second kappa shape index (κ2) is 8.22. The van der Waals surface area contributed by atoms with Crippen LogP contribution in [0.2, 0.25) is 0 Å². The maximum absolute atomic E-state index is 12.2. The summed E-state index contributed by atoms with van der Waals surface area (Å²) in [6, 6.07) is 8.21. The minimum Gasteiger partial charge on any atom is -0.481 e. The number of hydrogen-bond donors (Lipinski definition) is 2. The number of thioether (sulfide) groups is 1. The van der Waals surface area contributed by atoms with Gasteiger partial charge in [-0.2, -0.15) is 11.8 Å². The molecule has 0 aromatic heterocycles. The van der Waals surface area contributed by atoms with E-state index in [9.17, 15) is 9.59 Å². The highest BCUT2D eigenvalue weighted by atomic mass is 32.2. The summed E-state index contributed by atoms with van der Waals surface area (Å²) in [6.45, 7) is 0.509. The molecule has 2 N–H and O–H groups in total. The molecule has 4 nitrogen and oxygen atoms in total. The predicted molar refractivity (Wildman–Crippen MR) is 88.6 cm³/mol. The van der Waals surface area contributed by atoms with Gasteiger partial charge in [0.1, 0.15) is 0 Å². The average molecular weight is 321 g/mol. The van der Waals surface area contributed by atoms with Gasteiger partial charge in [0.05, 0.1) is 5.92 Å². The van der Waals surface area contributed by atoms with Gasteiger partial charge in [-0.1, -0.05) is 30.7 Å². The van der Waals surface area contributed by atoms with Crippen molar-refractivity contribution < 1.29 is 14.7 Å². The first-order valence-electron chi connectivity index (χ1n) is 7.67. The summed E-state index contributed by atoms with van der Waals surface area (Å²) in [5.74, 6) is -0.354. The normalized spacial score (nSPS) is 21.3. The smallest absolute Gasteiger partial charge is 0.306 e. The van der Waals surface area contributed by atoms with Crippen LogP contribution in [0.25, 0.3) is 0 Å². The Kier molecular flexibility index (Phi) is 6.31. The summed E-state index contributed by atoms with van der Waals surface area (Å²) < 4.78 is 0. The lowest BCUT2D eigenvalue weighted by Gasteiger charge is -2.25. The molecule has 1 fully saturated rings. The number of aliphatic carboxylic acids is 1. The zero-order valence-electron chi connectivity index (χ0n) is 12.9. The summed E-state index contributed by atoms with van der Waals surface area (Å²) in [4.78, 5) is 23.3. The van der Waals surface area contributed by atoms with Crippen molar-refractivity contribution in [3.05, 3.63) is 35.4 Å². The maximum atomic E-state index is 12.2. The van der Waals surface area contributed by atoms with Crippen LogP contribution >= 0.6 is 11.8 Å². The monoisotopic (exact) mass is 321 g/mol. The van der Waals surface area contributed by atoms with Gasteiger partial charge in [-0.3, -0.25) is 9.59 Å². The predicted octanol–water partition coefficient (Wildman–Crippen LogP) is 3.06. The van der Waals surface area contributed by atoms with E-state index in [0.29, 0.717) is 19.4 Å². The molecule has 0 radical (unpaired) electrons. The van der Waals surface area contributed by atoms with Crippen molar-refractivity contribution in [1.82, 2.24) is 5.32 Å². The highest BCUT2D eigenvalue weighted by Crippen LogP contribution is 2.29. The third kappa shape index (κ3) is 4.77. The molecule has 0 aliphatic heterocycles. The third-order valence-electron chi connectivity index (χ3n) is 4.16. The molecule has 2 rings (SSSR count). The number of carboxylic acid groups (broad SMARTS) is 1. The van der Waals surface area contributed by atoms with Gasteiger partial charge in [-0.15, -0.1) is 0 Å². The molecule has 120 valence electrons. The second-order valence-electron chi connectivity index (χ2n) is 5.87. The molecule has 1 aliphatic rings. The number of carbonyl (C=O) groups is 2. The topological polar surface area (TPSA) is 66.4 Å². The molecule has 0 bridgehead atoms. The summed E-state index contributed by atoms with van der Waals surface area (Å²) in [5.41, 5.74) is 2.34. The number of amides is 1. The molecule has 5 heteroatoms. The Bertz CT molecular complexity index is 532. The SMILES string of the molecule is CSCc1cccc(CNC(=O)C2CCCC(C(=O)O)C2)c1. The van der Waals surface area contributed by atoms with Crippen LogP contribution in [0.5, 0.6) is 0 Å². The molecule has 0 spiro atoms. The van der Waals surface area contributed by atoms with Crippen LogP contribution in [0.15, 0.2) is 24.3 Å².